The van der Waals surface area contributed by atoms with Crippen molar-refractivity contribution >= 4 is 23.9 Å². The average Bonchev–Trinajstić information content (AvgIpc) is 2.74. The van der Waals surface area contributed by atoms with Crippen molar-refractivity contribution in [3.05, 3.63) is 46.3 Å². The summed E-state index contributed by atoms with van der Waals surface area (Å²) in [6, 6.07) is -1.35. The van der Waals surface area contributed by atoms with E-state index in [1.807, 2.05) is 6.92 Å². The first kappa shape index (κ1) is 20.9. The predicted octanol–water partition coefficient (Wildman–Crippen LogP) is 0.777. The number of hydrogen-bond donors (Lipinski definition) is 0. The number of rotatable bonds is 5. The van der Waals surface area contributed by atoms with Gasteiger partial charge in [0.2, 0.25) is 0 Å². The minimum Gasteiger partial charge on any atom is -0.467 e. The predicted molar refractivity (Wildman–Crippen MR) is 95.3 cm³/mol. The van der Waals surface area contributed by atoms with E-state index in [9.17, 15) is 19.2 Å². The number of allylic oxidation sites excluding steroid dienone is 3. The second-order valence-electron chi connectivity index (χ2n) is 5.75. The zero-order valence-electron chi connectivity index (χ0n) is 16.2. The van der Waals surface area contributed by atoms with Crippen LogP contribution in [0.4, 0.5) is 0 Å². The van der Waals surface area contributed by atoms with Gasteiger partial charge in [0.05, 0.1) is 50.9 Å². The largest absolute Gasteiger partial charge is 0.467 e. The summed E-state index contributed by atoms with van der Waals surface area (Å²) in [7, 11) is 4.48. The van der Waals surface area contributed by atoms with E-state index in [-0.39, 0.29) is 16.8 Å². The highest BCUT2D eigenvalue weighted by molar-refractivity contribution is 6.15. The Morgan fingerprint density at radius 2 is 1.46 bits per heavy atom. The molecule has 2 aliphatic heterocycles. The van der Waals surface area contributed by atoms with Gasteiger partial charge in [-0.25, -0.2) is 19.2 Å². The van der Waals surface area contributed by atoms with E-state index < -0.39 is 35.5 Å². The standard InChI is InChI=1S/C19H21NO8/c1-6-10-7-8-20-11(9-10)12(16(21)25-2)13(17(22)26-3)14(18(23)27-4)15(20)19(24)28-5/h7-9,15H,6H2,1-5H3. The molecule has 9 nitrogen and oxygen atoms in total. The van der Waals surface area contributed by atoms with Crippen molar-refractivity contribution in [2.75, 3.05) is 28.4 Å². The Kier molecular flexibility index (Phi) is 6.40. The number of methoxy groups -OCH3 is 4. The van der Waals surface area contributed by atoms with Gasteiger partial charge in [-0.3, -0.25) is 0 Å². The first-order valence-electron chi connectivity index (χ1n) is 8.34. The lowest BCUT2D eigenvalue weighted by atomic mass is 9.86. The van der Waals surface area contributed by atoms with Gasteiger partial charge in [-0.05, 0) is 24.1 Å². The SMILES string of the molecule is CCC1=CC2=C(C(=O)OC)C(C(=O)OC)=C(C(=O)OC)C(C(=O)OC)N2C=C1. The second-order valence-corrected chi connectivity index (χ2v) is 5.75. The zero-order valence-corrected chi connectivity index (χ0v) is 16.2. The summed E-state index contributed by atoms with van der Waals surface area (Å²) in [5.74, 6) is -3.65. The van der Waals surface area contributed by atoms with Crippen molar-refractivity contribution in [3.63, 3.8) is 0 Å². The molecule has 2 aliphatic rings. The molecular weight excluding hydrogens is 370 g/mol. The molecule has 0 aliphatic carbocycles. The van der Waals surface area contributed by atoms with Gasteiger partial charge in [0.15, 0.2) is 6.04 Å². The molecule has 0 N–H and O–H groups in total. The van der Waals surface area contributed by atoms with Gasteiger partial charge in [-0.2, -0.15) is 0 Å². The topological polar surface area (TPSA) is 108 Å². The Morgan fingerprint density at radius 3 is 1.96 bits per heavy atom. The van der Waals surface area contributed by atoms with Gasteiger partial charge in [0.1, 0.15) is 0 Å². The van der Waals surface area contributed by atoms with Crippen LogP contribution in [0.3, 0.4) is 0 Å². The maximum atomic E-state index is 12.6. The summed E-state index contributed by atoms with van der Waals surface area (Å²) >= 11 is 0. The highest BCUT2D eigenvalue weighted by atomic mass is 16.5. The minimum atomic E-state index is -1.35. The molecule has 1 unspecified atom stereocenters. The fourth-order valence-electron chi connectivity index (χ4n) is 3.03. The molecule has 0 radical (unpaired) electrons. The van der Waals surface area contributed by atoms with Crippen LogP contribution >= 0.6 is 0 Å². The van der Waals surface area contributed by atoms with Crippen molar-refractivity contribution < 1.29 is 38.1 Å². The number of carbonyl (C=O) groups is 4. The van der Waals surface area contributed by atoms with E-state index in [0.717, 1.165) is 34.0 Å². The van der Waals surface area contributed by atoms with Crippen molar-refractivity contribution in [1.29, 1.82) is 0 Å². The number of ether oxygens (including phenoxy) is 4. The zero-order chi connectivity index (χ0) is 21.0. The fraction of sp³-hybridized carbons (Fsp3) is 0.368. The van der Waals surface area contributed by atoms with Gasteiger partial charge in [0, 0.05) is 6.20 Å². The summed E-state index contributed by atoms with van der Waals surface area (Å²) in [6.45, 7) is 1.90. The fourth-order valence-corrected chi connectivity index (χ4v) is 3.03. The summed E-state index contributed by atoms with van der Waals surface area (Å²) in [4.78, 5) is 51.6. The smallest absolute Gasteiger partial charge is 0.340 e. The van der Waals surface area contributed by atoms with E-state index in [2.05, 4.69) is 0 Å². The number of carbonyl (C=O) groups excluding carboxylic acids is 4. The van der Waals surface area contributed by atoms with Crippen molar-refractivity contribution in [2.45, 2.75) is 19.4 Å². The van der Waals surface area contributed by atoms with E-state index in [1.165, 1.54) is 11.1 Å². The van der Waals surface area contributed by atoms with Crippen LogP contribution in [0.25, 0.3) is 0 Å². The molecule has 1 atom stereocenters. The first-order valence-corrected chi connectivity index (χ1v) is 8.34. The van der Waals surface area contributed by atoms with E-state index in [1.54, 1.807) is 12.2 Å². The average molecular weight is 391 g/mol. The monoisotopic (exact) mass is 391 g/mol. The summed E-state index contributed by atoms with van der Waals surface area (Å²) < 4.78 is 19.2. The highest BCUT2D eigenvalue weighted by Crippen LogP contribution is 2.38. The molecule has 150 valence electrons. The Bertz CT molecular complexity index is 846. The maximum Gasteiger partial charge on any atom is 0.340 e. The first-order chi connectivity index (χ1) is 13.4. The number of fused-ring (bicyclic) bond motifs is 1. The number of esters is 4. The molecule has 0 spiro atoms. The van der Waals surface area contributed by atoms with E-state index >= 15 is 0 Å². The lowest BCUT2D eigenvalue weighted by Crippen LogP contribution is -2.47. The molecule has 0 aromatic carbocycles. The molecule has 9 heteroatoms. The van der Waals surface area contributed by atoms with E-state index in [4.69, 9.17) is 18.9 Å². The molecule has 2 heterocycles. The van der Waals surface area contributed by atoms with Crippen LogP contribution in [-0.4, -0.2) is 63.3 Å². The van der Waals surface area contributed by atoms with Crippen LogP contribution in [-0.2, 0) is 38.1 Å². The highest BCUT2D eigenvalue weighted by Gasteiger charge is 2.47. The molecule has 0 saturated carbocycles. The molecule has 28 heavy (non-hydrogen) atoms. The van der Waals surface area contributed by atoms with Crippen LogP contribution in [0.1, 0.15) is 13.3 Å². The summed E-state index contributed by atoms with van der Waals surface area (Å²) in [5, 5.41) is 0. The summed E-state index contributed by atoms with van der Waals surface area (Å²) in [5.41, 5.74) is 0.0788. The summed E-state index contributed by atoms with van der Waals surface area (Å²) in [6.07, 6.45) is 5.54. The van der Waals surface area contributed by atoms with Gasteiger partial charge < -0.3 is 23.8 Å². The van der Waals surface area contributed by atoms with Crippen molar-refractivity contribution in [3.8, 4) is 0 Å². The van der Waals surface area contributed by atoms with Gasteiger partial charge in [-0.15, -0.1) is 0 Å². The Balaban J connectivity index is 2.97. The molecule has 0 saturated heterocycles. The van der Waals surface area contributed by atoms with E-state index in [0.29, 0.717) is 6.42 Å². The molecule has 0 bridgehead atoms. The van der Waals surface area contributed by atoms with Gasteiger partial charge >= 0.3 is 23.9 Å². The third kappa shape index (κ3) is 3.42. The molecule has 2 rings (SSSR count). The normalized spacial score (nSPS) is 18.2. The van der Waals surface area contributed by atoms with Gasteiger partial charge in [0.25, 0.3) is 0 Å². The number of hydrogen-bond acceptors (Lipinski definition) is 9. The van der Waals surface area contributed by atoms with Crippen molar-refractivity contribution in [1.82, 2.24) is 4.90 Å². The Hall–Kier alpha value is -3.36. The molecule has 0 aromatic heterocycles. The third-order valence-corrected chi connectivity index (χ3v) is 4.39. The van der Waals surface area contributed by atoms with Crippen LogP contribution in [0.15, 0.2) is 46.3 Å². The Labute approximate surface area is 161 Å². The third-order valence-electron chi connectivity index (χ3n) is 4.39. The quantitative estimate of drug-likeness (QED) is 0.496. The van der Waals surface area contributed by atoms with Gasteiger partial charge in [-0.1, -0.05) is 6.92 Å². The van der Waals surface area contributed by atoms with Crippen LogP contribution in [0.2, 0.25) is 0 Å². The second kappa shape index (κ2) is 8.55. The van der Waals surface area contributed by atoms with Crippen LogP contribution < -0.4 is 0 Å². The Morgan fingerprint density at radius 1 is 0.893 bits per heavy atom. The molecule has 0 fully saturated rings. The lowest BCUT2D eigenvalue weighted by Gasteiger charge is -2.38. The van der Waals surface area contributed by atoms with Crippen molar-refractivity contribution in [2.24, 2.45) is 0 Å². The molecular formula is C19H21NO8. The minimum absolute atomic E-state index is 0.204. The molecule has 0 amide bonds. The van der Waals surface area contributed by atoms with Crippen LogP contribution in [0.5, 0.6) is 0 Å². The maximum absolute atomic E-state index is 12.6. The number of nitrogens with zero attached hydrogens (tertiary/aromatic N) is 1. The lowest BCUT2D eigenvalue weighted by molar-refractivity contribution is -0.148. The van der Waals surface area contributed by atoms with Crippen LogP contribution in [0, 0.1) is 0 Å². The molecule has 0 aromatic rings.